The quantitative estimate of drug-likeness (QED) is 0.760. The zero-order valence-electron chi connectivity index (χ0n) is 10.4. The van der Waals surface area contributed by atoms with E-state index in [2.05, 4.69) is 10.3 Å². The third-order valence-electron chi connectivity index (χ3n) is 2.81. The molecule has 4 heteroatoms. The SMILES string of the molecule is Cc1ccc(C(=O)Nc2cnc3ccccc3c2)o1. The molecule has 1 aromatic carbocycles. The summed E-state index contributed by atoms with van der Waals surface area (Å²) < 4.78 is 5.27. The molecule has 0 aliphatic carbocycles. The van der Waals surface area contributed by atoms with Gasteiger partial charge in [0.1, 0.15) is 5.76 Å². The van der Waals surface area contributed by atoms with Crippen LogP contribution in [0.1, 0.15) is 16.3 Å². The Morgan fingerprint density at radius 3 is 2.84 bits per heavy atom. The van der Waals surface area contributed by atoms with Gasteiger partial charge in [-0.25, -0.2) is 0 Å². The van der Waals surface area contributed by atoms with Crippen LogP contribution >= 0.6 is 0 Å². The summed E-state index contributed by atoms with van der Waals surface area (Å²) in [5, 5.41) is 3.75. The normalized spacial score (nSPS) is 10.6. The number of aryl methyl sites for hydroxylation is 1. The minimum absolute atomic E-state index is 0.273. The number of rotatable bonds is 2. The van der Waals surface area contributed by atoms with Crippen molar-refractivity contribution in [3.05, 3.63) is 60.2 Å². The molecule has 2 aromatic heterocycles. The highest BCUT2D eigenvalue weighted by molar-refractivity contribution is 6.03. The van der Waals surface area contributed by atoms with E-state index in [0.29, 0.717) is 17.2 Å². The van der Waals surface area contributed by atoms with E-state index >= 15 is 0 Å². The van der Waals surface area contributed by atoms with E-state index in [0.717, 1.165) is 10.9 Å². The molecular formula is C15H12N2O2. The van der Waals surface area contributed by atoms with Crippen LogP contribution in [-0.4, -0.2) is 10.9 Å². The van der Waals surface area contributed by atoms with Crippen LogP contribution in [0.3, 0.4) is 0 Å². The molecule has 0 saturated carbocycles. The Kier molecular flexibility index (Phi) is 2.76. The van der Waals surface area contributed by atoms with Crippen molar-refractivity contribution in [1.29, 1.82) is 0 Å². The van der Waals surface area contributed by atoms with E-state index in [1.165, 1.54) is 0 Å². The first kappa shape index (κ1) is 11.5. The number of benzene rings is 1. The van der Waals surface area contributed by atoms with Crippen LogP contribution in [0.25, 0.3) is 10.9 Å². The van der Waals surface area contributed by atoms with E-state index in [4.69, 9.17) is 4.42 Å². The Balaban J connectivity index is 1.87. The van der Waals surface area contributed by atoms with Gasteiger partial charge in [0.2, 0.25) is 0 Å². The second-order valence-electron chi connectivity index (χ2n) is 4.28. The molecule has 0 bridgehead atoms. The number of nitrogens with one attached hydrogen (secondary N) is 1. The lowest BCUT2D eigenvalue weighted by Gasteiger charge is -2.04. The Labute approximate surface area is 110 Å². The summed E-state index contributed by atoms with van der Waals surface area (Å²) in [7, 11) is 0. The lowest BCUT2D eigenvalue weighted by molar-refractivity contribution is 0.0995. The minimum atomic E-state index is -0.273. The molecule has 1 N–H and O–H groups in total. The number of pyridine rings is 1. The highest BCUT2D eigenvalue weighted by Gasteiger charge is 2.10. The Morgan fingerprint density at radius 1 is 1.21 bits per heavy atom. The molecule has 4 nitrogen and oxygen atoms in total. The van der Waals surface area contributed by atoms with Crippen LogP contribution in [0, 0.1) is 6.92 Å². The van der Waals surface area contributed by atoms with E-state index in [-0.39, 0.29) is 5.91 Å². The van der Waals surface area contributed by atoms with Crippen molar-refractivity contribution >= 4 is 22.5 Å². The van der Waals surface area contributed by atoms with Crippen LogP contribution in [0.15, 0.2) is 53.1 Å². The molecular weight excluding hydrogens is 240 g/mol. The predicted octanol–water partition coefficient (Wildman–Crippen LogP) is 3.39. The summed E-state index contributed by atoms with van der Waals surface area (Å²) in [4.78, 5) is 16.2. The fourth-order valence-electron chi connectivity index (χ4n) is 1.89. The minimum Gasteiger partial charge on any atom is -0.456 e. The van der Waals surface area contributed by atoms with Crippen LogP contribution < -0.4 is 5.32 Å². The summed E-state index contributed by atoms with van der Waals surface area (Å²) in [6.07, 6.45) is 1.63. The lowest BCUT2D eigenvalue weighted by Crippen LogP contribution is -2.10. The Hall–Kier alpha value is -2.62. The monoisotopic (exact) mass is 252 g/mol. The van der Waals surface area contributed by atoms with Crippen LogP contribution in [0.2, 0.25) is 0 Å². The summed E-state index contributed by atoms with van der Waals surface area (Å²) in [6.45, 7) is 1.80. The van der Waals surface area contributed by atoms with Crippen molar-refractivity contribution in [1.82, 2.24) is 4.98 Å². The van der Waals surface area contributed by atoms with Gasteiger partial charge < -0.3 is 9.73 Å². The van der Waals surface area contributed by atoms with Gasteiger partial charge in [0.05, 0.1) is 17.4 Å². The highest BCUT2D eigenvalue weighted by atomic mass is 16.3. The van der Waals surface area contributed by atoms with Crippen LogP contribution in [-0.2, 0) is 0 Å². The zero-order valence-corrected chi connectivity index (χ0v) is 10.4. The fourth-order valence-corrected chi connectivity index (χ4v) is 1.89. The molecule has 0 aliphatic rings. The number of carbonyl (C=O) groups excluding carboxylic acids is 1. The number of para-hydroxylation sites is 1. The molecule has 0 aliphatic heterocycles. The van der Waals surface area contributed by atoms with E-state index in [9.17, 15) is 4.79 Å². The van der Waals surface area contributed by atoms with Gasteiger partial charge in [0.25, 0.3) is 5.91 Å². The number of hydrogen-bond donors (Lipinski definition) is 1. The lowest BCUT2D eigenvalue weighted by atomic mass is 10.2. The van der Waals surface area contributed by atoms with Gasteiger partial charge in [-0.1, -0.05) is 18.2 Å². The van der Waals surface area contributed by atoms with Gasteiger partial charge in [0.15, 0.2) is 5.76 Å². The smallest absolute Gasteiger partial charge is 0.291 e. The van der Waals surface area contributed by atoms with Crippen molar-refractivity contribution in [2.75, 3.05) is 5.32 Å². The number of anilines is 1. The summed E-state index contributed by atoms with van der Waals surface area (Å²) >= 11 is 0. The van der Waals surface area contributed by atoms with Gasteiger partial charge in [-0.2, -0.15) is 0 Å². The fraction of sp³-hybridized carbons (Fsp3) is 0.0667. The summed E-state index contributed by atoms with van der Waals surface area (Å²) in [5.74, 6) is 0.734. The first-order valence-corrected chi connectivity index (χ1v) is 5.95. The highest BCUT2D eigenvalue weighted by Crippen LogP contribution is 2.17. The molecule has 1 amide bonds. The molecule has 3 aromatic rings. The largest absolute Gasteiger partial charge is 0.456 e. The van der Waals surface area contributed by atoms with Crippen molar-refractivity contribution in [2.45, 2.75) is 6.92 Å². The third-order valence-corrected chi connectivity index (χ3v) is 2.81. The van der Waals surface area contributed by atoms with E-state index < -0.39 is 0 Å². The first-order valence-electron chi connectivity index (χ1n) is 5.95. The number of nitrogens with zero attached hydrogens (tertiary/aromatic N) is 1. The number of amides is 1. The predicted molar refractivity (Wildman–Crippen MR) is 73.1 cm³/mol. The maximum atomic E-state index is 11.9. The molecule has 0 unspecified atom stereocenters. The molecule has 0 atom stereocenters. The van der Waals surface area contributed by atoms with Crippen molar-refractivity contribution in [2.24, 2.45) is 0 Å². The van der Waals surface area contributed by atoms with Crippen molar-refractivity contribution in [3.63, 3.8) is 0 Å². The van der Waals surface area contributed by atoms with Crippen LogP contribution in [0.5, 0.6) is 0 Å². The third kappa shape index (κ3) is 2.33. The molecule has 0 spiro atoms. The van der Waals surface area contributed by atoms with Gasteiger partial charge in [-0.15, -0.1) is 0 Å². The molecule has 0 radical (unpaired) electrons. The zero-order chi connectivity index (χ0) is 13.2. The molecule has 0 fully saturated rings. The van der Waals surface area contributed by atoms with Crippen molar-refractivity contribution in [3.8, 4) is 0 Å². The maximum absolute atomic E-state index is 11.9. The Bertz CT molecular complexity index is 746. The van der Waals surface area contributed by atoms with Gasteiger partial charge in [-0.3, -0.25) is 9.78 Å². The number of furan rings is 1. The first-order chi connectivity index (χ1) is 9.22. The maximum Gasteiger partial charge on any atom is 0.291 e. The van der Waals surface area contributed by atoms with E-state index in [1.54, 1.807) is 25.3 Å². The number of hydrogen-bond acceptors (Lipinski definition) is 3. The standard InChI is InChI=1S/C15H12N2O2/c1-10-6-7-14(19-10)15(18)17-12-8-11-4-2-3-5-13(11)16-9-12/h2-9H,1H3,(H,17,18). The average molecular weight is 252 g/mol. The molecule has 94 valence electrons. The summed E-state index contributed by atoms with van der Waals surface area (Å²) in [6, 6.07) is 13.0. The van der Waals surface area contributed by atoms with E-state index in [1.807, 2.05) is 30.3 Å². The topological polar surface area (TPSA) is 55.1 Å². The summed E-state index contributed by atoms with van der Waals surface area (Å²) in [5.41, 5.74) is 1.55. The van der Waals surface area contributed by atoms with Gasteiger partial charge >= 0.3 is 0 Å². The number of fused-ring (bicyclic) bond motifs is 1. The molecule has 19 heavy (non-hydrogen) atoms. The van der Waals surface area contributed by atoms with Crippen LogP contribution in [0.4, 0.5) is 5.69 Å². The number of carbonyl (C=O) groups is 1. The average Bonchev–Trinajstić information content (AvgIpc) is 2.85. The van der Waals surface area contributed by atoms with Gasteiger partial charge in [-0.05, 0) is 31.2 Å². The molecule has 2 heterocycles. The molecule has 3 rings (SSSR count). The second-order valence-corrected chi connectivity index (χ2v) is 4.28. The van der Waals surface area contributed by atoms with Crippen molar-refractivity contribution < 1.29 is 9.21 Å². The van der Waals surface area contributed by atoms with Gasteiger partial charge in [0, 0.05) is 5.39 Å². The molecule has 0 saturated heterocycles. The second kappa shape index (κ2) is 4.57. The number of aromatic nitrogens is 1. The Morgan fingerprint density at radius 2 is 2.05 bits per heavy atom.